The highest BCUT2D eigenvalue weighted by Crippen LogP contribution is 2.39. The summed E-state index contributed by atoms with van der Waals surface area (Å²) in [5.41, 5.74) is 4.85. The van der Waals surface area contributed by atoms with Crippen LogP contribution in [0.15, 0.2) is 168 Å². The van der Waals surface area contributed by atoms with Gasteiger partial charge in [0.25, 0.3) is 0 Å². The van der Waals surface area contributed by atoms with E-state index >= 15 is 0 Å². The minimum absolute atomic E-state index is 0.00751. The highest BCUT2D eigenvalue weighted by atomic mass is 16.3. The lowest BCUT2D eigenvalue weighted by molar-refractivity contribution is 0.669. The fraction of sp³-hybridized carbons (Fsp3) is 0. The highest BCUT2D eigenvalue weighted by Gasteiger charge is 2.16. The van der Waals surface area contributed by atoms with E-state index in [9.17, 15) is 0 Å². The molecular formula is C45H27N3O. The molecule has 228 valence electrons. The number of rotatable bonds is 4. The summed E-state index contributed by atoms with van der Waals surface area (Å²) in [7, 11) is 0. The van der Waals surface area contributed by atoms with E-state index < -0.39 is 18.1 Å². The molecule has 0 bridgehead atoms. The third kappa shape index (κ3) is 4.57. The maximum Gasteiger partial charge on any atom is 0.164 e. The molecule has 0 aliphatic rings. The van der Waals surface area contributed by atoms with Gasteiger partial charge in [-0.05, 0) is 79.8 Å². The van der Waals surface area contributed by atoms with Gasteiger partial charge in [0.05, 0.1) is 6.85 Å². The predicted molar refractivity (Wildman–Crippen MR) is 201 cm³/mol. The van der Waals surface area contributed by atoms with Crippen molar-refractivity contribution in [1.82, 2.24) is 15.0 Å². The van der Waals surface area contributed by atoms with Gasteiger partial charge in [-0.2, -0.15) is 0 Å². The lowest BCUT2D eigenvalue weighted by atomic mass is 9.92. The second-order valence-corrected chi connectivity index (χ2v) is 12.0. The van der Waals surface area contributed by atoms with Gasteiger partial charge < -0.3 is 4.42 Å². The summed E-state index contributed by atoms with van der Waals surface area (Å²) in [6.45, 7) is 0. The third-order valence-electron chi connectivity index (χ3n) is 9.20. The average molecular weight is 631 g/mol. The first-order chi connectivity index (χ1) is 26.3. The molecule has 49 heavy (non-hydrogen) atoms. The Hall–Kier alpha value is -6.65. The Morgan fingerprint density at radius 2 is 0.796 bits per heavy atom. The lowest BCUT2D eigenvalue weighted by Crippen LogP contribution is -2.00. The number of hydrogen-bond donors (Lipinski definition) is 0. The van der Waals surface area contributed by atoms with Gasteiger partial charge in [0.1, 0.15) is 11.2 Å². The molecule has 0 spiro atoms. The van der Waals surface area contributed by atoms with Crippen LogP contribution < -0.4 is 0 Å². The lowest BCUT2D eigenvalue weighted by Gasteiger charge is -2.12. The topological polar surface area (TPSA) is 51.8 Å². The highest BCUT2D eigenvalue weighted by molar-refractivity contribution is 6.25. The maximum absolute atomic E-state index is 8.63. The second kappa shape index (κ2) is 11.0. The average Bonchev–Trinajstić information content (AvgIpc) is 3.60. The zero-order valence-corrected chi connectivity index (χ0v) is 26.0. The van der Waals surface area contributed by atoms with E-state index in [0.29, 0.717) is 28.4 Å². The molecule has 0 saturated heterocycles. The molecule has 4 heteroatoms. The maximum atomic E-state index is 8.63. The first-order valence-corrected chi connectivity index (χ1v) is 16.0. The number of nitrogens with zero attached hydrogens (tertiary/aromatic N) is 3. The van der Waals surface area contributed by atoms with Crippen molar-refractivity contribution in [3.05, 3.63) is 164 Å². The molecule has 0 aliphatic carbocycles. The van der Waals surface area contributed by atoms with Gasteiger partial charge in [-0.25, -0.2) is 15.0 Å². The third-order valence-corrected chi connectivity index (χ3v) is 9.20. The standard InChI is InChI=1S/C45H27N3O/c1-3-11-28(12-4-1)43-46-44(29-13-5-2-6-14-29)48-45(47-43)32-21-24-42-40(27-32)39-26-31(20-23-41(39)49-42)30-19-22-37-35-17-8-7-15-33(35)34-16-9-10-18-36(34)38(37)25-30/h1-27H/i1D,3D,4D,11D,12D. The SMILES string of the molecule is [2H]c1c([2H])c([2H])c(-c2nc(-c3ccccc3)nc(-c3ccc4oc5ccc(-c6ccc7c8ccccc8c8ccccc8c7c6)cc5c4c3)n2)c([2H])c1[2H]. The summed E-state index contributed by atoms with van der Waals surface area (Å²) in [6, 6.07) is 42.9. The Morgan fingerprint density at radius 1 is 0.347 bits per heavy atom. The van der Waals surface area contributed by atoms with Crippen LogP contribution in [0.2, 0.25) is 0 Å². The minimum atomic E-state index is -0.478. The summed E-state index contributed by atoms with van der Waals surface area (Å²) in [5, 5.41) is 9.11. The van der Waals surface area contributed by atoms with E-state index in [1.54, 1.807) is 0 Å². The molecule has 0 unspecified atom stereocenters. The zero-order valence-electron chi connectivity index (χ0n) is 31.0. The van der Waals surface area contributed by atoms with Crippen LogP contribution >= 0.6 is 0 Å². The molecule has 0 saturated carbocycles. The van der Waals surface area contributed by atoms with Gasteiger partial charge in [-0.3, -0.25) is 0 Å². The molecule has 0 atom stereocenters. The zero-order chi connectivity index (χ0) is 36.7. The number of hydrogen-bond acceptors (Lipinski definition) is 4. The van der Waals surface area contributed by atoms with E-state index in [0.717, 1.165) is 27.5 Å². The Kier molecular flexibility index (Phi) is 5.10. The quantitative estimate of drug-likeness (QED) is 0.182. The number of furan rings is 1. The predicted octanol–water partition coefficient (Wildman–Crippen LogP) is 11.9. The van der Waals surface area contributed by atoms with E-state index in [1.807, 2.05) is 54.6 Å². The van der Waals surface area contributed by atoms with Crippen molar-refractivity contribution in [1.29, 1.82) is 0 Å². The van der Waals surface area contributed by atoms with E-state index in [1.165, 1.54) is 32.3 Å². The fourth-order valence-corrected chi connectivity index (χ4v) is 6.88. The van der Waals surface area contributed by atoms with Crippen molar-refractivity contribution < 1.29 is 11.3 Å². The molecule has 8 aromatic carbocycles. The van der Waals surface area contributed by atoms with Crippen LogP contribution in [-0.4, -0.2) is 15.0 Å². The van der Waals surface area contributed by atoms with Crippen molar-refractivity contribution in [2.75, 3.05) is 0 Å². The molecule has 2 aromatic heterocycles. The largest absolute Gasteiger partial charge is 0.456 e. The van der Waals surface area contributed by atoms with Gasteiger partial charge in [-0.15, -0.1) is 0 Å². The molecular weight excluding hydrogens is 599 g/mol. The molecule has 0 N–H and O–H groups in total. The summed E-state index contributed by atoms with van der Waals surface area (Å²) in [6.07, 6.45) is 0. The number of aromatic nitrogens is 3. The Balaban J connectivity index is 1.14. The Bertz CT molecular complexity index is 3120. The first kappa shape index (κ1) is 22.8. The number of benzene rings is 8. The first-order valence-electron chi connectivity index (χ1n) is 18.5. The van der Waals surface area contributed by atoms with Crippen LogP contribution in [0.1, 0.15) is 6.85 Å². The van der Waals surface area contributed by atoms with E-state index in [-0.39, 0.29) is 23.5 Å². The summed E-state index contributed by atoms with van der Waals surface area (Å²) in [4.78, 5) is 14.2. The van der Waals surface area contributed by atoms with Crippen molar-refractivity contribution >= 4 is 54.3 Å². The Labute approximate surface area is 289 Å². The van der Waals surface area contributed by atoms with Crippen LogP contribution in [0, 0.1) is 0 Å². The molecule has 4 nitrogen and oxygen atoms in total. The smallest absolute Gasteiger partial charge is 0.164 e. The number of fused-ring (bicyclic) bond motifs is 9. The monoisotopic (exact) mass is 630 g/mol. The van der Waals surface area contributed by atoms with Gasteiger partial charge >= 0.3 is 0 Å². The van der Waals surface area contributed by atoms with Crippen molar-refractivity contribution in [2.24, 2.45) is 0 Å². The van der Waals surface area contributed by atoms with E-state index in [4.69, 9.17) is 21.2 Å². The normalized spacial score (nSPS) is 13.1. The molecule has 0 radical (unpaired) electrons. The van der Waals surface area contributed by atoms with Crippen LogP contribution in [0.25, 0.3) is 99.5 Å². The van der Waals surface area contributed by atoms with Gasteiger partial charge in [-0.1, -0.05) is 127 Å². The van der Waals surface area contributed by atoms with Crippen LogP contribution in [0.5, 0.6) is 0 Å². The summed E-state index contributed by atoms with van der Waals surface area (Å²) < 4.78 is 48.2. The van der Waals surface area contributed by atoms with Gasteiger partial charge in [0.2, 0.25) is 0 Å². The van der Waals surface area contributed by atoms with Crippen molar-refractivity contribution in [3.8, 4) is 45.3 Å². The van der Waals surface area contributed by atoms with Gasteiger partial charge in [0, 0.05) is 27.5 Å². The second-order valence-electron chi connectivity index (χ2n) is 12.0. The van der Waals surface area contributed by atoms with Crippen molar-refractivity contribution in [3.63, 3.8) is 0 Å². The molecule has 10 aromatic rings. The van der Waals surface area contributed by atoms with Crippen LogP contribution in [-0.2, 0) is 0 Å². The summed E-state index contributed by atoms with van der Waals surface area (Å²) in [5.74, 6) is 0.608. The van der Waals surface area contributed by atoms with Crippen LogP contribution in [0.4, 0.5) is 0 Å². The molecule has 0 amide bonds. The van der Waals surface area contributed by atoms with E-state index in [2.05, 4.69) is 83.8 Å². The van der Waals surface area contributed by atoms with Gasteiger partial charge in [0.15, 0.2) is 17.5 Å². The molecule has 0 aliphatic heterocycles. The molecule has 0 fully saturated rings. The minimum Gasteiger partial charge on any atom is -0.456 e. The molecule has 2 heterocycles. The molecule has 10 rings (SSSR count). The fourth-order valence-electron chi connectivity index (χ4n) is 6.88. The van der Waals surface area contributed by atoms with Crippen molar-refractivity contribution in [2.45, 2.75) is 0 Å². The summed E-state index contributed by atoms with van der Waals surface area (Å²) >= 11 is 0. The Morgan fingerprint density at radius 3 is 1.43 bits per heavy atom. The van der Waals surface area contributed by atoms with Crippen LogP contribution in [0.3, 0.4) is 0 Å².